The quantitative estimate of drug-likeness (QED) is 0.701. The molecule has 3 heterocycles. The summed E-state index contributed by atoms with van der Waals surface area (Å²) < 4.78 is 42.9. The third kappa shape index (κ3) is 4.28. The normalized spacial score (nSPS) is 15.8. The lowest BCUT2D eigenvalue weighted by molar-refractivity contribution is -0.274. The molecule has 1 N–H and O–H groups in total. The van der Waals surface area contributed by atoms with Crippen molar-refractivity contribution < 1.29 is 23.0 Å². The molecule has 0 bridgehead atoms. The second-order valence-corrected chi connectivity index (χ2v) is 6.71. The summed E-state index contributed by atoms with van der Waals surface area (Å²) in [6, 6.07) is 5.68. The zero-order chi connectivity index (χ0) is 20.4. The Bertz CT molecular complexity index is 966. The van der Waals surface area contributed by atoms with Crippen LogP contribution >= 0.6 is 0 Å². The van der Waals surface area contributed by atoms with Gasteiger partial charge >= 0.3 is 6.36 Å². The topological polar surface area (TPSA) is 66.1 Å². The monoisotopic (exact) mass is 407 g/mol. The van der Waals surface area contributed by atoms with Crippen molar-refractivity contribution in [2.45, 2.75) is 6.36 Å². The van der Waals surface area contributed by atoms with Gasteiger partial charge < -0.3 is 14.7 Å². The van der Waals surface area contributed by atoms with Gasteiger partial charge in [0.15, 0.2) is 11.5 Å². The van der Waals surface area contributed by atoms with Crippen LogP contribution in [0.15, 0.2) is 42.9 Å². The number of halogens is 3. The van der Waals surface area contributed by atoms with Crippen LogP contribution in [-0.2, 0) is 0 Å². The Balaban J connectivity index is 1.59. The third-order valence-corrected chi connectivity index (χ3v) is 4.88. The van der Waals surface area contributed by atoms with Crippen molar-refractivity contribution in [3.63, 3.8) is 0 Å². The molecule has 1 aliphatic heterocycles. The lowest BCUT2D eigenvalue weighted by Crippen LogP contribution is -2.47. The molecule has 2 aromatic heterocycles. The summed E-state index contributed by atoms with van der Waals surface area (Å²) in [5.74, 6) is 0.493. The minimum atomic E-state index is -4.72. The summed E-state index contributed by atoms with van der Waals surface area (Å²) in [6.45, 7) is 4.02. The molecule has 0 saturated carbocycles. The molecule has 3 aromatic rings. The van der Waals surface area contributed by atoms with Crippen LogP contribution in [-0.4, -0.2) is 70.1 Å². The summed E-state index contributed by atoms with van der Waals surface area (Å²) in [4.78, 5) is 13.4. The van der Waals surface area contributed by atoms with Gasteiger partial charge in [-0.1, -0.05) is 0 Å². The third-order valence-electron chi connectivity index (χ3n) is 4.88. The molecule has 0 unspecified atom stereocenters. The molecule has 1 fully saturated rings. The summed E-state index contributed by atoms with van der Waals surface area (Å²) in [6.07, 6.45) is 0.457. The Morgan fingerprint density at radius 3 is 2.41 bits per heavy atom. The Kier molecular flexibility index (Phi) is 5.29. The maximum absolute atomic E-state index is 12.4. The van der Waals surface area contributed by atoms with Crippen LogP contribution in [0, 0.1) is 0 Å². The zero-order valence-corrected chi connectivity index (χ0v) is 15.5. The molecule has 1 aliphatic rings. The van der Waals surface area contributed by atoms with E-state index in [9.17, 15) is 13.2 Å². The maximum Gasteiger partial charge on any atom is 0.573 e. The Labute approximate surface area is 165 Å². The summed E-state index contributed by atoms with van der Waals surface area (Å²) in [5, 5.41) is 9.08. The molecule has 0 amide bonds. The molecule has 154 valence electrons. The highest BCUT2D eigenvalue weighted by Crippen LogP contribution is 2.29. The molecule has 0 radical (unpaired) electrons. The number of hydrogen-bond donors (Lipinski definition) is 1. The van der Waals surface area contributed by atoms with Crippen molar-refractivity contribution >= 4 is 11.5 Å². The molecule has 0 aliphatic carbocycles. The van der Waals surface area contributed by atoms with E-state index in [4.69, 9.17) is 5.11 Å². The second-order valence-electron chi connectivity index (χ2n) is 6.71. The maximum atomic E-state index is 12.4. The number of piperazine rings is 1. The van der Waals surface area contributed by atoms with E-state index in [1.165, 1.54) is 12.1 Å². The van der Waals surface area contributed by atoms with Gasteiger partial charge in [-0.2, -0.15) is 0 Å². The molecule has 1 aromatic carbocycles. The fourth-order valence-corrected chi connectivity index (χ4v) is 3.49. The van der Waals surface area contributed by atoms with Gasteiger partial charge in [0.05, 0.1) is 18.5 Å². The zero-order valence-electron chi connectivity index (χ0n) is 15.5. The first-order valence-corrected chi connectivity index (χ1v) is 9.21. The fraction of sp³-hybridized carbons (Fsp3) is 0.368. The molecule has 4 rings (SSSR count). The number of aromatic nitrogens is 3. The number of hydrogen-bond acceptors (Lipinski definition) is 6. The summed E-state index contributed by atoms with van der Waals surface area (Å²) in [5.41, 5.74) is 2.11. The number of ether oxygens (including phenoxy) is 1. The van der Waals surface area contributed by atoms with Crippen LogP contribution in [0.25, 0.3) is 16.9 Å². The highest BCUT2D eigenvalue weighted by molar-refractivity contribution is 5.71. The van der Waals surface area contributed by atoms with E-state index in [0.717, 1.165) is 37.7 Å². The van der Waals surface area contributed by atoms with E-state index in [-0.39, 0.29) is 12.4 Å². The van der Waals surface area contributed by atoms with Gasteiger partial charge in [-0.05, 0) is 24.3 Å². The van der Waals surface area contributed by atoms with E-state index in [2.05, 4.69) is 24.5 Å². The minimum absolute atomic E-state index is 0.143. The van der Waals surface area contributed by atoms with Gasteiger partial charge in [0.1, 0.15) is 5.75 Å². The number of aliphatic hydroxyl groups excluding tert-OH is 1. The number of benzene rings is 1. The smallest absolute Gasteiger partial charge is 0.406 e. The van der Waals surface area contributed by atoms with Gasteiger partial charge in [-0.25, -0.2) is 9.97 Å². The highest BCUT2D eigenvalue weighted by atomic mass is 19.4. The van der Waals surface area contributed by atoms with Gasteiger partial charge in [0.2, 0.25) is 0 Å². The van der Waals surface area contributed by atoms with E-state index in [1.54, 1.807) is 30.7 Å². The number of nitrogens with zero attached hydrogens (tertiary/aromatic N) is 5. The van der Waals surface area contributed by atoms with Crippen LogP contribution in [0.5, 0.6) is 5.75 Å². The number of β-amino-alcohol motifs (C(OH)–C–C–N with tert-alkyl or cyclic N) is 1. The highest BCUT2D eigenvalue weighted by Gasteiger charge is 2.31. The standard InChI is InChI=1S/C19H20F3N5O2/c20-19(21,22)29-15-3-1-14(2-4-15)16-13-24-17(18-23-5-6-27(16)18)26-9-7-25(8-10-26)11-12-28/h1-6,13,28H,7-12H2. The predicted molar refractivity (Wildman–Crippen MR) is 101 cm³/mol. The molecule has 1 saturated heterocycles. The second kappa shape index (κ2) is 7.88. The van der Waals surface area contributed by atoms with E-state index < -0.39 is 6.36 Å². The van der Waals surface area contributed by atoms with Crippen molar-refractivity contribution in [1.82, 2.24) is 19.3 Å². The van der Waals surface area contributed by atoms with Crippen molar-refractivity contribution in [3.05, 3.63) is 42.9 Å². The Morgan fingerprint density at radius 2 is 1.76 bits per heavy atom. The fourth-order valence-electron chi connectivity index (χ4n) is 3.49. The lowest BCUT2D eigenvalue weighted by Gasteiger charge is -2.35. The molecule has 29 heavy (non-hydrogen) atoms. The van der Waals surface area contributed by atoms with Crippen LogP contribution in [0.3, 0.4) is 0 Å². The minimum Gasteiger partial charge on any atom is -0.406 e. The average Bonchev–Trinajstić information content (AvgIpc) is 3.18. The molecule has 0 atom stereocenters. The van der Waals surface area contributed by atoms with Crippen molar-refractivity contribution in [1.29, 1.82) is 0 Å². The van der Waals surface area contributed by atoms with E-state index >= 15 is 0 Å². The average molecular weight is 407 g/mol. The first kappa shape index (κ1) is 19.5. The summed E-state index contributed by atoms with van der Waals surface area (Å²) >= 11 is 0. The number of fused-ring (bicyclic) bond motifs is 1. The molecule has 7 nitrogen and oxygen atoms in total. The van der Waals surface area contributed by atoms with Crippen molar-refractivity contribution in [2.24, 2.45) is 0 Å². The predicted octanol–water partition coefficient (Wildman–Crippen LogP) is 2.41. The molecule has 10 heteroatoms. The molecular weight excluding hydrogens is 387 g/mol. The number of anilines is 1. The van der Waals surface area contributed by atoms with Gasteiger partial charge in [-0.3, -0.25) is 9.30 Å². The van der Waals surface area contributed by atoms with Crippen molar-refractivity contribution in [3.8, 4) is 17.0 Å². The van der Waals surface area contributed by atoms with Gasteiger partial charge in [-0.15, -0.1) is 13.2 Å². The van der Waals surface area contributed by atoms with E-state index in [0.29, 0.717) is 17.8 Å². The van der Waals surface area contributed by atoms with E-state index in [1.807, 2.05) is 4.40 Å². The SMILES string of the molecule is OCCN1CCN(c2ncc(-c3ccc(OC(F)(F)F)cc3)n3ccnc23)CC1. The first-order chi connectivity index (χ1) is 13.9. The van der Waals surface area contributed by atoms with Crippen LogP contribution < -0.4 is 9.64 Å². The molecular formula is C19H20F3N5O2. The molecule has 0 spiro atoms. The Hall–Kier alpha value is -2.85. The van der Waals surface area contributed by atoms with Crippen LogP contribution in [0.4, 0.5) is 19.0 Å². The number of aliphatic hydroxyl groups is 1. The van der Waals surface area contributed by atoms with Crippen LogP contribution in [0.1, 0.15) is 0 Å². The first-order valence-electron chi connectivity index (χ1n) is 9.21. The van der Waals surface area contributed by atoms with Crippen molar-refractivity contribution in [2.75, 3.05) is 44.2 Å². The largest absolute Gasteiger partial charge is 0.573 e. The number of alkyl halides is 3. The summed E-state index contributed by atoms with van der Waals surface area (Å²) in [7, 11) is 0. The van der Waals surface area contributed by atoms with Gasteiger partial charge in [0, 0.05) is 50.7 Å². The van der Waals surface area contributed by atoms with Gasteiger partial charge in [0.25, 0.3) is 0 Å². The number of rotatable bonds is 5. The van der Waals surface area contributed by atoms with Crippen LogP contribution in [0.2, 0.25) is 0 Å². The number of imidazole rings is 1. The Morgan fingerprint density at radius 1 is 1.03 bits per heavy atom. The lowest BCUT2D eigenvalue weighted by atomic mass is 10.1.